The zero-order valence-electron chi connectivity index (χ0n) is 48.6. The van der Waals surface area contributed by atoms with Gasteiger partial charge in [-0.05, 0) is 131 Å². The van der Waals surface area contributed by atoms with Crippen molar-refractivity contribution in [1.82, 2.24) is 51.4 Å². The molecule has 4 aliphatic heterocycles. The highest BCUT2D eigenvalue weighted by Gasteiger charge is 2.43. The lowest BCUT2D eigenvalue weighted by atomic mass is 10.0. The second-order valence-electron chi connectivity index (χ2n) is 22.3. The predicted octanol–water partition coefficient (Wildman–Crippen LogP) is 6.42. The number of sulfonamides is 1. The summed E-state index contributed by atoms with van der Waals surface area (Å²) in [7, 11) is -0.950. The summed E-state index contributed by atoms with van der Waals surface area (Å²) >= 11 is 3.72. The largest absolute Gasteiger partial charge is 0.356 e. The van der Waals surface area contributed by atoms with Crippen molar-refractivity contribution in [2.45, 2.75) is 143 Å². The maximum Gasteiger partial charge on any atom is 0.315 e. The molecule has 4 fully saturated rings. The molecule has 3 aromatic carbocycles. The first-order valence-corrected chi connectivity index (χ1v) is 33.1. The van der Waals surface area contributed by atoms with Gasteiger partial charge in [-0.1, -0.05) is 25.0 Å². The van der Waals surface area contributed by atoms with Crippen molar-refractivity contribution >= 4 is 91.7 Å². The van der Waals surface area contributed by atoms with Crippen LogP contribution in [0, 0.1) is 6.92 Å². The molecule has 25 heteroatoms. The Kier molecular flexibility index (Phi) is 23.2. The third kappa shape index (κ3) is 17.3. The van der Waals surface area contributed by atoms with Crippen LogP contribution < -0.4 is 53.6 Å². The molecule has 0 bridgehead atoms. The number of benzene rings is 3. The van der Waals surface area contributed by atoms with Gasteiger partial charge < -0.3 is 58.2 Å². The van der Waals surface area contributed by atoms with Gasteiger partial charge in [0.15, 0.2) is 0 Å². The number of urea groups is 2. The van der Waals surface area contributed by atoms with Crippen molar-refractivity contribution < 1.29 is 46.4 Å². The molecule has 0 unspecified atom stereocenters. The van der Waals surface area contributed by atoms with Crippen LogP contribution in [0.1, 0.15) is 127 Å². The standard InChI is InChI=1S/C60H81FN12O9S3/c1-37-53(38-15-14-16-44(32-38)85(81,82)72(2)3)45-33-39(21-22-48(45)73(37)34-42(61)23-24-62)58(78)67-43-30-40(56(76)65-27-12-4-10-25-63-51(74)19-8-6-17-49-54-46(35-83-49)68-59(79)70-54)29-41(31-43)57(77)66-28-13-5-11-26-64-52(75)20-9-7-18-50-55-47(36-84-50)69-60(80)71-55/h14-16,21-23,29-33,46-47,49-50,54-55H,4-13,17-20,24-28,34-36,62H2,1-3H3,(H,63,74)(H,64,75)(H,65,76)(H,66,77)(H,67,78)(H2,68,70,79)(H2,69,71,80)/b42-23-/t46-,47-,49-,50-,54-,55-/m0/s1. The summed E-state index contributed by atoms with van der Waals surface area (Å²) in [6, 6.07) is 16.2. The van der Waals surface area contributed by atoms with E-state index in [2.05, 4.69) is 47.9 Å². The summed E-state index contributed by atoms with van der Waals surface area (Å²) in [5, 5.41) is 27.9. The minimum Gasteiger partial charge on any atom is -0.356 e. The first-order chi connectivity index (χ1) is 40.9. The Labute approximate surface area is 505 Å². The molecule has 4 aliphatic rings. The number of hydrogen-bond acceptors (Lipinski definition) is 12. The highest BCUT2D eigenvalue weighted by molar-refractivity contribution is 8.00. The van der Waals surface area contributed by atoms with E-state index in [0.29, 0.717) is 103 Å². The van der Waals surface area contributed by atoms with Gasteiger partial charge in [-0.3, -0.25) is 24.0 Å². The van der Waals surface area contributed by atoms with Gasteiger partial charge in [0.2, 0.25) is 21.8 Å². The van der Waals surface area contributed by atoms with E-state index in [1.807, 2.05) is 23.5 Å². The number of nitrogens with two attached hydrogens (primary N) is 1. The van der Waals surface area contributed by atoms with E-state index in [4.69, 9.17) is 5.73 Å². The molecule has 8 rings (SSSR count). The van der Waals surface area contributed by atoms with E-state index in [1.165, 1.54) is 44.4 Å². The zero-order chi connectivity index (χ0) is 60.6. The molecule has 0 radical (unpaired) electrons. The Hall–Kier alpha value is -6.67. The summed E-state index contributed by atoms with van der Waals surface area (Å²) in [4.78, 5) is 90.4. The Morgan fingerprint density at radius 3 is 1.74 bits per heavy atom. The average molecular weight is 1230 g/mol. The first-order valence-electron chi connectivity index (χ1n) is 29.5. The minimum atomic E-state index is -3.83. The van der Waals surface area contributed by atoms with Crippen molar-refractivity contribution in [2.24, 2.45) is 5.73 Å². The van der Waals surface area contributed by atoms with Crippen LogP contribution in [0.3, 0.4) is 0 Å². The predicted molar refractivity (Wildman–Crippen MR) is 332 cm³/mol. The second-order valence-corrected chi connectivity index (χ2v) is 27.0. The first kappa shape index (κ1) is 64.3. The molecule has 4 saturated heterocycles. The van der Waals surface area contributed by atoms with Crippen LogP contribution in [0.4, 0.5) is 19.7 Å². The van der Waals surface area contributed by atoms with Crippen LogP contribution in [-0.4, -0.2) is 152 Å². The van der Waals surface area contributed by atoms with Crippen LogP contribution >= 0.6 is 23.5 Å². The van der Waals surface area contributed by atoms with Gasteiger partial charge in [-0.15, -0.1) is 0 Å². The minimum absolute atomic E-state index is 0.00588. The molecule has 9 amide bonds. The molecule has 460 valence electrons. The van der Waals surface area contributed by atoms with Crippen molar-refractivity contribution in [1.29, 1.82) is 0 Å². The van der Waals surface area contributed by atoms with Crippen molar-refractivity contribution in [2.75, 3.05) is 63.6 Å². The molecular weight excluding hydrogens is 1150 g/mol. The fourth-order valence-electron chi connectivity index (χ4n) is 11.4. The molecule has 1 aromatic heterocycles. The average Bonchev–Trinajstić information content (AvgIpc) is 4.31. The van der Waals surface area contributed by atoms with Gasteiger partial charge in [0.25, 0.3) is 17.7 Å². The van der Waals surface area contributed by atoms with Gasteiger partial charge in [0.05, 0.1) is 35.6 Å². The van der Waals surface area contributed by atoms with Crippen molar-refractivity contribution in [3.05, 3.63) is 95.0 Å². The van der Waals surface area contributed by atoms with Crippen LogP contribution in [0.5, 0.6) is 0 Å². The highest BCUT2D eigenvalue weighted by atomic mass is 32.2. The smallest absolute Gasteiger partial charge is 0.315 e. The topological polar surface area (TPSA) is 296 Å². The van der Waals surface area contributed by atoms with Gasteiger partial charge in [-0.25, -0.2) is 26.7 Å². The van der Waals surface area contributed by atoms with E-state index in [0.717, 1.165) is 67.2 Å². The van der Waals surface area contributed by atoms with E-state index in [-0.39, 0.29) is 88.4 Å². The van der Waals surface area contributed by atoms with Crippen LogP contribution in [-0.2, 0) is 26.2 Å². The van der Waals surface area contributed by atoms with Crippen molar-refractivity contribution in [3.8, 4) is 11.1 Å². The molecule has 6 atom stereocenters. The Bertz CT molecular complexity index is 3130. The number of thioether (sulfide) groups is 2. The number of hydrogen-bond donors (Lipinski definition) is 10. The molecule has 0 spiro atoms. The number of fused-ring (bicyclic) bond motifs is 3. The van der Waals surface area contributed by atoms with Crippen LogP contribution in [0.2, 0.25) is 0 Å². The Morgan fingerprint density at radius 1 is 0.671 bits per heavy atom. The third-order valence-corrected chi connectivity index (χ3v) is 20.8. The molecule has 4 aromatic rings. The van der Waals surface area contributed by atoms with E-state index in [9.17, 15) is 42.0 Å². The summed E-state index contributed by atoms with van der Waals surface area (Å²) in [6.07, 6.45) is 11.5. The monoisotopic (exact) mass is 1230 g/mol. The number of nitrogens with one attached hydrogen (secondary N) is 9. The van der Waals surface area contributed by atoms with Crippen LogP contribution in [0.25, 0.3) is 22.0 Å². The van der Waals surface area contributed by atoms with Gasteiger partial charge in [0.1, 0.15) is 5.83 Å². The SMILES string of the molecule is Cc1c(-c2cccc(S(=O)(=O)N(C)C)c2)c2cc(C(=O)Nc3cc(C(=O)NCCCCCNC(=O)CCCC[C@@H]4SC[C@@H]5NC(=O)N[C@@H]54)cc(C(=O)NCCCCCNC(=O)CCCC[C@@H]4SC[C@@H]5NC(=O)N[C@@H]54)c3)ccc2n1C/C(F)=C/CN. The zero-order valence-corrected chi connectivity index (χ0v) is 51.1. The molecule has 0 aliphatic carbocycles. The normalized spacial score (nSPS) is 19.9. The maximum atomic E-state index is 15.2. The third-order valence-electron chi connectivity index (χ3n) is 15.9. The van der Waals surface area contributed by atoms with Gasteiger partial charge in [0, 0.05) is 126 Å². The summed E-state index contributed by atoms with van der Waals surface area (Å²) in [5.74, 6) is -0.172. The lowest BCUT2D eigenvalue weighted by molar-refractivity contribution is -0.122. The van der Waals surface area contributed by atoms with E-state index >= 15 is 4.39 Å². The molecule has 5 heterocycles. The maximum absolute atomic E-state index is 15.2. The summed E-state index contributed by atoms with van der Waals surface area (Å²) in [6.45, 7) is 3.27. The number of nitrogens with zero attached hydrogens (tertiary/aromatic N) is 2. The Morgan fingerprint density at radius 2 is 1.21 bits per heavy atom. The second kappa shape index (κ2) is 30.6. The molecule has 85 heavy (non-hydrogen) atoms. The number of carbonyl (C=O) groups excluding carboxylic acids is 7. The number of allylic oxidation sites excluding steroid dienone is 1. The fourth-order valence-corrected chi connectivity index (χ4v) is 15.4. The summed E-state index contributed by atoms with van der Waals surface area (Å²) < 4.78 is 44.5. The van der Waals surface area contributed by atoms with E-state index < -0.39 is 33.6 Å². The number of rotatable bonds is 32. The number of aromatic nitrogens is 1. The lowest BCUT2D eigenvalue weighted by Gasteiger charge is -2.16. The number of anilines is 1. The number of carbonyl (C=O) groups is 7. The summed E-state index contributed by atoms with van der Waals surface area (Å²) in [5.41, 5.74) is 8.60. The van der Waals surface area contributed by atoms with Gasteiger partial charge >= 0.3 is 12.1 Å². The number of halogens is 1. The van der Waals surface area contributed by atoms with Crippen molar-refractivity contribution in [3.63, 3.8) is 0 Å². The fraction of sp³-hybridized carbons (Fsp3) is 0.517. The molecular formula is C60H81FN12O9S3. The Balaban J connectivity index is 0.864. The molecule has 11 N–H and O–H groups in total. The lowest BCUT2D eigenvalue weighted by Crippen LogP contribution is -2.36. The molecule has 0 saturated carbocycles. The van der Waals surface area contributed by atoms with Gasteiger partial charge in [-0.2, -0.15) is 23.5 Å². The molecule has 21 nitrogen and oxygen atoms in total. The quantitative estimate of drug-likeness (QED) is 0.0187. The number of amides is 9. The van der Waals surface area contributed by atoms with E-state index in [1.54, 1.807) is 47.9 Å². The highest BCUT2D eigenvalue weighted by Crippen LogP contribution is 2.38. The van der Waals surface area contributed by atoms with Crippen LogP contribution in [0.15, 0.2) is 77.5 Å². The number of unbranched alkanes of at least 4 members (excludes halogenated alkanes) is 6.